The minimum Gasteiger partial charge on any atom is -0.482 e. The lowest BCUT2D eigenvalue weighted by atomic mass is 10.0. The van der Waals surface area contributed by atoms with Gasteiger partial charge in [0.15, 0.2) is 16.4 Å². The first-order valence-corrected chi connectivity index (χ1v) is 11.1. The molecule has 0 spiro atoms. The van der Waals surface area contributed by atoms with E-state index in [4.69, 9.17) is 4.74 Å². The Kier molecular flexibility index (Phi) is 5.04. The molecule has 2 amide bonds. The highest BCUT2D eigenvalue weighted by atomic mass is 32.2. The smallest absolute Gasteiger partial charge is 0.262 e. The number of ether oxygens (including phenoxy) is 1. The van der Waals surface area contributed by atoms with Gasteiger partial charge in [0.1, 0.15) is 5.75 Å². The fourth-order valence-electron chi connectivity index (χ4n) is 3.73. The molecule has 0 radical (unpaired) electrons. The Morgan fingerprint density at radius 1 is 1.24 bits per heavy atom. The summed E-state index contributed by atoms with van der Waals surface area (Å²) in [5.41, 5.74) is 2.29. The molecule has 8 heteroatoms. The Balaban J connectivity index is 1.54. The van der Waals surface area contributed by atoms with Gasteiger partial charge in [0, 0.05) is 18.7 Å². The molecule has 29 heavy (non-hydrogen) atoms. The van der Waals surface area contributed by atoms with Crippen LogP contribution in [0, 0.1) is 0 Å². The number of sulfone groups is 1. The molecule has 1 atom stereocenters. The van der Waals surface area contributed by atoms with E-state index in [0.29, 0.717) is 18.0 Å². The largest absolute Gasteiger partial charge is 0.482 e. The maximum Gasteiger partial charge on any atom is 0.262 e. The lowest BCUT2D eigenvalue weighted by molar-refractivity contribution is -0.119. The maximum atomic E-state index is 13.0. The molecular weight excluding hydrogens is 392 g/mol. The normalized spacial score (nSPS) is 16.9. The lowest BCUT2D eigenvalue weighted by Crippen LogP contribution is -2.38. The summed E-state index contributed by atoms with van der Waals surface area (Å²) in [5.74, 6) is -0.112. The average molecular weight is 414 g/mol. The summed E-state index contributed by atoms with van der Waals surface area (Å²) in [6.45, 7) is 2.03. The van der Waals surface area contributed by atoms with E-state index in [1.54, 1.807) is 4.90 Å². The number of carbonyl (C=O) groups excluding carboxylic acids is 2. The Morgan fingerprint density at radius 2 is 2.03 bits per heavy atom. The quantitative estimate of drug-likeness (QED) is 0.830. The van der Waals surface area contributed by atoms with Crippen LogP contribution in [-0.2, 0) is 25.8 Å². The van der Waals surface area contributed by atoms with Crippen molar-refractivity contribution in [1.29, 1.82) is 0 Å². The van der Waals surface area contributed by atoms with Gasteiger partial charge in [-0.1, -0.05) is 18.2 Å². The summed E-state index contributed by atoms with van der Waals surface area (Å²) in [5, 5.41) is 1.71. The van der Waals surface area contributed by atoms with Gasteiger partial charge in [-0.3, -0.25) is 9.59 Å². The highest BCUT2D eigenvalue weighted by molar-refractivity contribution is 7.92. The molecule has 2 aliphatic heterocycles. The molecule has 152 valence electrons. The zero-order valence-electron chi connectivity index (χ0n) is 16.1. The Labute approximate surface area is 169 Å². The van der Waals surface area contributed by atoms with Crippen molar-refractivity contribution < 1.29 is 22.7 Å². The van der Waals surface area contributed by atoms with E-state index in [1.165, 1.54) is 25.1 Å². The monoisotopic (exact) mass is 414 g/mol. The van der Waals surface area contributed by atoms with E-state index < -0.39 is 15.1 Å². The number of rotatable bonds is 4. The summed E-state index contributed by atoms with van der Waals surface area (Å²) >= 11 is 0. The molecule has 1 N–H and O–H groups in total. The van der Waals surface area contributed by atoms with Crippen LogP contribution in [0.4, 0.5) is 11.4 Å². The van der Waals surface area contributed by atoms with Crippen molar-refractivity contribution in [3.63, 3.8) is 0 Å². The zero-order chi connectivity index (χ0) is 20.6. The summed E-state index contributed by atoms with van der Waals surface area (Å²) in [4.78, 5) is 26.2. The number of fused-ring (bicyclic) bond motifs is 2. The van der Waals surface area contributed by atoms with Crippen molar-refractivity contribution in [2.75, 3.05) is 23.4 Å². The number of benzene rings is 2. The van der Waals surface area contributed by atoms with Gasteiger partial charge in [-0.25, -0.2) is 8.42 Å². The van der Waals surface area contributed by atoms with Crippen LogP contribution in [0.1, 0.15) is 25.3 Å². The van der Waals surface area contributed by atoms with E-state index in [0.717, 1.165) is 24.1 Å². The molecule has 4 rings (SSSR count). The predicted octanol–water partition coefficient (Wildman–Crippen LogP) is 2.55. The van der Waals surface area contributed by atoms with E-state index in [-0.39, 0.29) is 29.7 Å². The van der Waals surface area contributed by atoms with Gasteiger partial charge in [-0.2, -0.15) is 0 Å². The van der Waals surface area contributed by atoms with Gasteiger partial charge < -0.3 is 15.0 Å². The number of amides is 2. The third kappa shape index (κ3) is 3.72. The standard InChI is InChI=1S/C21H22N2O5S/c1-14(11-21(25)23-10-4-6-15-5-2-3-7-18(15)23)29(26,27)16-8-9-19-17(12-16)22-20(24)13-28-19/h2-3,5,7-9,12,14H,4,6,10-11,13H2,1H3,(H,22,24). The van der Waals surface area contributed by atoms with Crippen LogP contribution in [0.5, 0.6) is 5.75 Å². The molecule has 0 fully saturated rings. The van der Waals surface area contributed by atoms with Gasteiger partial charge in [-0.15, -0.1) is 0 Å². The number of hydrogen-bond donors (Lipinski definition) is 1. The number of carbonyl (C=O) groups is 2. The van der Waals surface area contributed by atoms with Crippen molar-refractivity contribution in [3.8, 4) is 5.75 Å². The van der Waals surface area contributed by atoms with Crippen LogP contribution < -0.4 is 15.0 Å². The molecule has 0 saturated heterocycles. The van der Waals surface area contributed by atoms with Crippen molar-refractivity contribution >= 4 is 33.0 Å². The fourth-order valence-corrected chi connectivity index (χ4v) is 5.10. The van der Waals surface area contributed by atoms with E-state index in [1.807, 2.05) is 24.3 Å². The highest BCUT2D eigenvalue weighted by Crippen LogP contribution is 2.32. The summed E-state index contributed by atoms with van der Waals surface area (Å²) < 4.78 is 31.4. The van der Waals surface area contributed by atoms with E-state index in [9.17, 15) is 18.0 Å². The molecule has 7 nitrogen and oxygen atoms in total. The maximum absolute atomic E-state index is 13.0. The minimum atomic E-state index is -3.76. The third-order valence-corrected chi connectivity index (χ3v) is 7.45. The molecule has 0 aromatic heterocycles. The number of nitrogens with one attached hydrogen (secondary N) is 1. The van der Waals surface area contributed by atoms with Crippen LogP contribution in [0.2, 0.25) is 0 Å². The molecule has 0 bridgehead atoms. The summed E-state index contributed by atoms with van der Waals surface area (Å²) in [6, 6.07) is 12.1. The number of para-hydroxylation sites is 1. The van der Waals surface area contributed by atoms with Crippen molar-refractivity contribution in [2.45, 2.75) is 36.3 Å². The second kappa shape index (κ2) is 7.51. The molecule has 2 heterocycles. The summed E-state index contributed by atoms with van der Waals surface area (Å²) in [7, 11) is -3.76. The van der Waals surface area contributed by atoms with E-state index in [2.05, 4.69) is 5.32 Å². The average Bonchev–Trinajstić information content (AvgIpc) is 2.72. The molecular formula is C21H22N2O5S. The van der Waals surface area contributed by atoms with Crippen LogP contribution in [0.15, 0.2) is 47.4 Å². The second-order valence-electron chi connectivity index (χ2n) is 7.33. The fraction of sp³-hybridized carbons (Fsp3) is 0.333. The molecule has 0 saturated carbocycles. The van der Waals surface area contributed by atoms with Crippen LogP contribution in [-0.4, -0.2) is 38.6 Å². The Morgan fingerprint density at radius 3 is 2.86 bits per heavy atom. The van der Waals surface area contributed by atoms with Crippen LogP contribution in [0.3, 0.4) is 0 Å². The number of anilines is 2. The first-order chi connectivity index (χ1) is 13.9. The van der Waals surface area contributed by atoms with Gasteiger partial charge in [0.2, 0.25) is 5.91 Å². The molecule has 2 aliphatic rings. The van der Waals surface area contributed by atoms with E-state index >= 15 is 0 Å². The van der Waals surface area contributed by atoms with Crippen molar-refractivity contribution in [1.82, 2.24) is 0 Å². The zero-order valence-corrected chi connectivity index (χ0v) is 16.9. The van der Waals surface area contributed by atoms with Gasteiger partial charge in [0.25, 0.3) is 5.91 Å². The molecule has 2 aromatic carbocycles. The second-order valence-corrected chi connectivity index (χ2v) is 9.70. The minimum absolute atomic E-state index is 0.0568. The Bertz CT molecular complexity index is 1080. The predicted molar refractivity (Wildman–Crippen MR) is 109 cm³/mol. The highest BCUT2D eigenvalue weighted by Gasteiger charge is 2.31. The first kappa shape index (κ1) is 19.4. The van der Waals surface area contributed by atoms with Gasteiger partial charge >= 0.3 is 0 Å². The van der Waals surface area contributed by atoms with Crippen LogP contribution in [0.25, 0.3) is 0 Å². The summed E-state index contributed by atoms with van der Waals surface area (Å²) in [6.07, 6.45) is 1.65. The van der Waals surface area contributed by atoms with Crippen molar-refractivity contribution in [3.05, 3.63) is 48.0 Å². The van der Waals surface area contributed by atoms with Crippen LogP contribution >= 0.6 is 0 Å². The Hall–Kier alpha value is -2.87. The lowest BCUT2D eigenvalue weighted by Gasteiger charge is -2.30. The number of hydrogen-bond acceptors (Lipinski definition) is 5. The SMILES string of the molecule is CC(CC(=O)N1CCCc2ccccc21)S(=O)(=O)c1ccc2c(c1)NC(=O)CO2. The van der Waals surface area contributed by atoms with Gasteiger partial charge in [0.05, 0.1) is 15.8 Å². The number of aryl methyl sites for hydroxylation is 1. The van der Waals surface area contributed by atoms with Gasteiger partial charge in [-0.05, 0) is 49.6 Å². The third-order valence-electron chi connectivity index (χ3n) is 5.32. The molecule has 1 unspecified atom stereocenters. The molecule has 0 aliphatic carbocycles. The first-order valence-electron chi connectivity index (χ1n) is 9.55. The topological polar surface area (TPSA) is 92.8 Å². The molecule has 2 aromatic rings. The van der Waals surface area contributed by atoms with Crippen molar-refractivity contribution in [2.24, 2.45) is 0 Å². The number of nitrogens with zero attached hydrogens (tertiary/aromatic N) is 1.